The molecule has 0 aliphatic carbocycles. The molecule has 1 saturated heterocycles. The van der Waals surface area contributed by atoms with Gasteiger partial charge in [0, 0.05) is 42.2 Å². The molecular formula is C21H21ClN6O2S. The summed E-state index contributed by atoms with van der Waals surface area (Å²) in [5.41, 5.74) is 2.35. The molecule has 0 atom stereocenters. The third kappa shape index (κ3) is 3.52. The molecule has 0 saturated carbocycles. The number of piperazine rings is 1. The fourth-order valence-corrected chi connectivity index (χ4v) is 5.18. The van der Waals surface area contributed by atoms with Crippen LogP contribution >= 0.6 is 11.6 Å². The molecule has 2 aromatic heterocycles. The standard InChI is InChI=1S/C21H21ClN6O2S/c1-2-31(29,30)27-12-10-26(11-13-27)21-23-18-14-16(22)8-9-17(18)20-25-24-19(28(20)21)15-6-4-3-5-7-15/h3-9,14H,2,10-13H2,1H3. The van der Waals surface area contributed by atoms with Gasteiger partial charge in [0.1, 0.15) is 0 Å². The van der Waals surface area contributed by atoms with Gasteiger partial charge in [-0.1, -0.05) is 41.9 Å². The molecule has 160 valence electrons. The predicted molar refractivity (Wildman–Crippen MR) is 122 cm³/mol. The Morgan fingerprint density at radius 2 is 1.74 bits per heavy atom. The average Bonchev–Trinajstić information content (AvgIpc) is 3.24. The van der Waals surface area contributed by atoms with Gasteiger partial charge in [-0.2, -0.15) is 4.31 Å². The summed E-state index contributed by atoms with van der Waals surface area (Å²) < 4.78 is 28.0. The van der Waals surface area contributed by atoms with Crippen LogP contribution in [-0.2, 0) is 10.0 Å². The first-order valence-corrected chi connectivity index (χ1v) is 12.1. The van der Waals surface area contributed by atoms with Crippen LogP contribution in [-0.4, -0.2) is 64.2 Å². The second-order valence-electron chi connectivity index (χ2n) is 7.41. The molecule has 8 nitrogen and oxygen atoms in total. The Morgan fingerprint density at radius 3 is 2.45 bits per heavy atom. The zero-order chi connectivity index (χ0) is 21.6. The number of sulfonamides is 1. The summed E-state index contributed by atoms with van der Waals surface area (Å²) in [5, 5.41) is 10.4. The van der Waals surface area contributed by atoms with Crippen molar-refractivity contribution < 1.29 is 8.42 Å². The smallest absolute Gasteiger partial charge is 0.213 e. The summed E-state index contributed by atoms with van der Waals surface area (Å²) in [7, 11) is -3.21. The van der Waals surface area contributed by atoms with E-state index in [4.69, 9.17) is 16.6 Å². The number of benzene rings is 2. The molecule has 0 N–H and O–H groups in total. The van der Waals surface area contributed by atoms with E-state index in [1.54, 1.807) is 11.2 Å². The SMILES string of the molecule is CCS(=O)(=O)N1CCN(c2nc3cc(Cl)ccc3c3nnc(-c4ccccc4)n23)CC1. The van der Waals surface area contributed by atoms with Gasteiger partial charge in [-0.3, -0.25) is 0 Å². The first-order valence-electron chi connectivity index (χ1n) is 10.1. The molecular weight excluding hydrogens is 436 g/mol. The van der Waals surface area contributed by atoms with E-state index in [2.05, 4.69) is 15.1 Å². The number of hydrogen-bond acceptors (Lipinski definition) is 6. The first-order chi connectivity index (χ1) is 15.0. The van der Waals surface area contributed by atoms with Gasteiger partial charge in [0.15, 0.2) is 11.5 Å². The monoisotopic (exact) mass is 456 g/mol. The Bertz CT molecular complexity index is 1370. The third-order valence-corrected chi connectivity index (χ3v) is 7.71. The summed E-state index contributed by atoms with van der Waals surface area (Å²) in [6.45, 7) is 3.55. The minimum Gasteiger partial charge on any atom is -0.339 e. The van der Waals surface area contributed by atoms with Crippen molar-refractivity contribution in [3.63, 3.8) is 0 Å². The van der Waals surface area contributed by atoms with Crippen LogP contribution in [0.2, 0.25) is 5.02 Å². The highest BCUT2D eigenvalue weighted by Gasteiger charge is 2.28. The molecule has 5 rings (SSSR count). The second-order valence-corrected chi connectivity index (χ2v) is 10.1. The molecule has 0 amide bonds. The van der Waals surface area contributed by atoms with Crippen LogP contribution in [0.25, 0.3) is 27.9 Å². The van der Waals surface area contributed by atoms with Gasteiger partial charge in [-0.25, -0.2) is 17.8 Å². The molecule has 1 aliphatic heterocycles. The van der Waals surface area contributed by atoms with E-state index in [0.29, 0.717) is 48.6 Å². The predicted octanol–water partition coefficient (Wildman–Crippen LogP) is 3.07. The summed E-state index contributed by atoms with van der Waals surface area (Å²) in [6.07, 6.45) is 0. The summed E-state index contributed by atoms with van der Waals surface area (Å²) in [4.78, 5) is 7.00. The molecule has 1 aliphatic rings. The molecule has 1 fully saturated rings. The highest BCUT2D eigenvalue weighted by molar-refractivity contribution is 7.89. The normalized spacial score (nSPS) is 15.7. The molecule has 10 heteroatoms. The van der Waals surface area contributed by atoms with Gasteiger partial charge in [-0.15, -0.1) is 10.2 Å². The third-order valence-electron chi connectivity index (χ3n) is 5.60. The van der Waals surface area contributed by atoms with Gasteiger partial charge in [-0.05, 0) is 25.1 Å². The minimum atomic E-state index is -3.21. The van der Waals surface area contributed by atoms with Crippen molar-refractivity contribution in [2.45, 2.75) is 6.92 Å². The highest BCUT2D eigenvalue weighted by atomic mass is 35.5. The van der Waals surface area contributed by atoms with Gasteiger partial charge < -0.3 is 4.90 Å². The largest absolute Gasteiger partial charge is 0.339 e. The van der Waals surface area contributed by atoms with E-state index in [9.17, 15) is 8.42 Å². The fourth-order valence-electron chi connectivity index (χ4n) is 3.93. The Hall–Kier alpha value is -2.75. The maximum atomic E-state index is 12.3. The van der Waals surface area contributed by atoms with Crippen LogP contribution in [0.1, 0.15) is 6.92 Å². The summed E-state index contributed by atoms with van der Waals surface area (Å²) >= 11 is 6.22. The minimum absolute atomic E-state index is 0.105. The zero-order valence-corrected chi connectivity index (χ0v) is 18.5. The summed E-state index contributed by atoms with van der Waals surface area (Å²) in [6, 6.07) is 15.4. The van der Waals surface area contributed by atoms with E-state index in [1.165, 1.54) is 0 Å². The lowest BCUT2D eigenvalue weighted by molar-refractivity contribution is 0.383. The Morgan fingerprint density at radius 1 is 1.00 bits per heavy atom. The highest BCUT2D eigenvalue weighted by Crippen LogP contribution is 2.30. The number of nitrogens with zero attached hydrogens (tertiary/aromatic N) is 6. The van der Waals surface area contributed by atoms with E-state index in [0.717, 1.165) is 16.5 Å². The molecule has 2 aromatic carbocycles. The van der Waals surface area contributed by atoms with Crippen molar-refractivity contribution in [2.75, 3.05) is 36.8 Å². The van der Waals surface area contributed by atoms with Crippen molar-refractivity contribution in [3.05, 3.63) is 53.6 Å². The van der Waals surface area contributed by atoms with Crippen LogP contribution in [0.3, 0.4) is 0 Å². The molecule has 31 heavy (non-hydrogen) atoms. The lowest BCUT2D eigenvalue weighted by atomic mass is 10.2. The Labute approximate surface area is 185 Å². The lowest BCUT2D eigenvalue weighted by Gasteiger charge is -2.34. The molecule has 0 radical (unpaired) electrons. The summed E-state index contributed by atoms with van der Waals surface area (Å²) in [5.74, 6) is 1.48. The van der Waals surface area contributed by atoms with Crippen molar-refractivity contribution in [1.29, 1.82) is 0 Å². The Kier molecular flexibility index (Phi) is 5.04. The topological polar surface area (TPSA) is 83.7 Å². The first kappa shape index (κ1) is 20.2. The maximum Gasteiger partial charge on any atom is 0.213 e. The van der Waals surface area contributed by atoms with Gasteiger partial charge in [0.05, 0.1) is 11.3 Å². The molecule has 0 bridgehead atoms. The molecule has 3 heterocycles. The number of anilines is 1. The maximum absolute atomic E-state index is 12.3. The van der Waals surface area contributed by atoms with Crippen LogP contribution in [0.4, 0.5) is 5.95 Å². The van der Waals surface area contributed by atoms with Crippen LogP contribution in [0.5, 0.6) is 0 Å². The molecule has 4 aromatic rings. The second kappa shape index (κ2) is 7.74. The van der Waals surface area contributed by atoms with Gasteiger partial charge in [0.2, 0.25) is 16.0 Å². The van der Waals surface area contributed by atoms with E-state index in [-0.39, 0.29) is 5.75 Å². The average molecular weight is 457 g/mol. The number of aromatic nitrogens is 4. The van der Waals surface area contributed by atoms with Crippen LogP contribution < -0.4 is 4.90 Å². The van der Waals surface area contributed by atoms with E-state index >= 15 is 0 Å². The number of fused-ring (bicyclic) bond motifs is 3. The van der Waals surface area contributed by atoms with Crippen molar-refractivity contribution in [3.8, 4) is 11.4 Å². The fraction of sp³-hybridized carbons (Fsp3) is 0.286. The zero-order valence-electron chi connectivity index (χ0n) is 16.9. The lowest BCUT2D eigenvalue weighted by Crippen LogP contribution is -2.49. The number of rotatable bonds is 4. The number of halogens is 1. The molecule has 0 unspecified atom stereocenters. The van der Waals surface area contributed by atoms with Crippen LogP contribution in [0.15, 0.2) is 48.5 Å². The quantitative estimate of drug-likeness (QED) is 0.469. The van der Waals surface area contributed by atoms with Crippen molar-refractivity contribution in [1.82, 2.24) is 23.9 Å². The number of hydrogen-bond donors (Lipinski definition) is 0. The van der Waals surface area contributed by atoms with E-state index in [1.807, 2.05) is 52.9 Å². The molecule has 0 spiro atoms. The van der Waals surface area contributed by atoms with E-state index < -0.39 is 10.0 Å². The van der Waals surface area contributed by atoms with Gasteiger partial charge >= 0.3 is 0 Å². The van der Waals surface area contributed by atoms with Gasteiger partial charge in [0.25, 0.3) is 0 Å². The van der Waals surface area contributed by atoms with Crippen molar-refractivity contribution >= 4 is 44.1 Å². The Balaban J connectivity index is 1.66. The van der Waals surface area contributed by atoms with Crippen molar-refractivity contribution in [2.24, 2.45) is 0 Å². The van der Waals surface area contributed by atoms with Crippen LogP contribution in [0, 0.1) is 0 Å².